The molecule has 0 saturated heterocycles. The first-order valence-corrected chi connectivity index (χ1v) is 8.01. The van der Waals surface area contributed by atoms with E-state index in [4.69, 9.17) is 5.11 Å². The summed E-state index contributed by atoms with van der Waals surface area (Å²) in [5.41, 5.74) is 0. The predicted molar refractivity (Wildman–Crippen MR) is 81.4 cm³/mol. The largest absolute Gasteiger partial charge is 0.481 e. The number of carbonyl (C=O) groups is 1. The van der Waals surface area contributed by atoms with Gasteiger partial charge in [-0.15, -0.1) is 0 Å². The number of rotatable bonds is 13. The zero-order valence-corrected chi connectivity index (χ0v) is 13.1. The molecular weight excluding hydrogens is 238 g/mol. The number of nitrogens with one attached hydrogen (secondary N) is 1. The summed E-state index contributed by atoms with van der Waals surface area (Å²) in [5, 5.41) is 12.1. The van der Waals surface area contributed by atoms with Gasteiger partial charge in [0.25, 0.3) is 0 Å². The van der Waals surface area contributed by atoms with Gasteiger partial charge in [0, 0.05) is 0 Å². The van der Waals surface area contributed by atoms with E-state index in [2.05, 4.69) is 19.2 Å². The fourth-order valence-corrected chi connectivity index (χ4v) is 2.17. The molecule has 3 heteroatoms. The molecule has 0 unspecified atom stereocenters. The van der Waals surface area contributed by atoms with E-state index in [1.54, 1.807) is 6.92 Å². The van der Waals surface area contributed by atoms with Crippen molar-refractivity contribution < 1.29 is 9.90 Å². The van der Waals surface area contributed by atoms with Crippen LogP contribution >= 0.6 is 0 Å². The van der Waals surface area contributed by atoms with Crippen molar-refractivity contribution in [2.24, 2.45) is 11.8 Å². The zero-order valence-electron chi connectivity index (χ0n) is 13.1. The molecule has 0 spiro atoms. The lowest BCUT2D eigenvalue weighted by molar-refractivity contribution is -0.141. The predicted octanol–water partition coefficient (Wildman–Crippen LogP) is 4.07. The first-order chi connectivity index (χ1) is 9.07. The van der Waals surface area contributed by atoms with Gasteiger partial charge in [0.2, 0.25) is 0 Å². The monoisotopic (exact) mass is 271 g/mol. The van der Waals surface area contributed by atoms with Gasteiger partial charge in [-0.1, -0.05) is 59.3 Å². The molecule has 0 aliphatic heterocycles. The Bertz CT molecular complexity index is 219. The highest BCUT2D eigenvalue weighted by Crippen LogP contribution is 2.11. The molecule has 0 bridgehead atoms. The van der Waals surface area contributed by atoms with Crippen molar-refractivity contribution in [3.63, 3.8) is 0 Å². The molecule has 0 aliphatic rings. The molecule has 0 radical (unpaired) electrons. The van der Waals surface area contributed by atoms with Crippen LogP contribution in [0.3, 0.4) is 0 Å². The lowest BCUT2D eigenvalue weighted by atomic mass is 10.0. The molecule has 3 nitrogen and oxygen atoms in total. The van der Waals surface area contributed by atoms with Crippen molar-refractivity contribution in [2.45, 2.75) is 72.1 Å². The molecule has 0 rings (SSSR count). The second-order valence-corrected chi connectivity index (χ2v) is 5.89. The van der Waals surface area contributed by atoms with Crippen LogP contribution in [0.4, 0.5) is 0 Å². The SMILES string of the molecule is CCCCCCCC[C@H](C)CNCC[C@H](C)C(=O)O. The van der Waals surface area contributed by atoms with Gasteiger partial charge < -0.3 is 10.4 Å². The maximum absolute atomic E-state index is 10.6. The van der Waals surface area contributed by atoms with E-state index in [9.17, 15) is 4.79 Å². The van der Waals surface area contributed by atoms with Gasteiger partial charge in [0.05, 0.1) is 5.92 Å². The van der Waals surface area contributed by atoms with E-state index >= 15 is 0 Å². The topological polar surface area (TPSA) is 49.3 Å². The van der Waals surface area contributed by atoms with Crippen LogP contribution in [0.25, 0.3) is 0 Å². The number of carboxylic acid groups (broad SMARTS) is 1. The van der Waals surface area contributed by atoms with Gasteiger partial charge in [-0.2, -0.15) is 0 Å². The highest BCUT2D eigenvalue weighted by molar-refractivity contribution is 5.69. The van der Waals surface area contributed by atoms with Gasteiger partial charge in [-0.05, 0) is 31.8 Å². The molecule has 0 aliphatic carbocycles. The summed E-state index contributed by atoms with van der Waals surface area (Å²) in [5.74, 6) is -0.227. The quantitative estimate of drug-likeness (QED) is 0.496. The van der Waals surface area contributed by atoms with E-state index in [0.29, 0.717) is 5.92 Å². The van der Waals surface area contributed by atoms with Crippen LogP contribution in [0.15, 0.2) is 0 Å². The lowest BCUT2D eigenvalue weighted by Gasteiger charge is -2.13. The molecule has 0 fully saturated rings. The van der Waals surface area contributed by atoms with Crippen LogP contribution < -0.4 is 5.32 Å². The first kappa shape index (κ1) is 18.4. The van der Waals surface area contributed by atoms with Crippen molar-refractivity contribution >= 4 is 5.97 Å². The Morgan fingerprint density at radius 3 is 2.32 bits per heavy atom. The molecule has 0 aromatic heterocycles. The summed E-state index contributed by atoms with van der Waals surface area (Å²) in [6, 6.07) is 0. The van der Waals surface area contributed by atoms with Crippen LogP contribution in [0.5, 0.6) is 0 Å². The second kappa shape index (κ2) is 12.5. The van der Waals surface area contributed by atoms with Crippen molar-refractivity contribution in [1.29, 1.82) is 0 Å². The minimum atomic E-state index is -0.693. The minimum absolute atomic E-state index is 0.235. The summed E-state index contributed by atoms with van der Waals surface area (Å²) >= 11 is 0. The van der Waals surface area contributed by atoms with Gasteiger partial charge >= 0.3 is 5.97 Å². The van der Waals surface area contributed by atoms with E-state index < -0.39 is 5.97 Å². The summed E-state index contributed by atoms with van der Waals surface area (Å²) < 4.78 is 0. The maximum Gasteiger partial charge on any atom is 0.306 e. The average molecular weight is 271 g/mol. The smallest absolute Gasteiger partial charge is 0.306 e. The highest BCUT2D eigenvalue weighted by Gasteiger charge is 2.09. The molecule has 19 heavy (non-hydrogen) atoms. The minimum Gasteiger partial charge on any atom is -0.481 e. The fourth-order valence-electron chi connectivity index (χ4n) is 2.17. The summed E-state index contributed by atoms with van der Waals surface area (Å²) in [4.78, 5) is 10.6. The van der Waals surface area contributed by atoms with E-state index in [1.807, 2.05) is 0 Å². The summed E-state index contributed by atoms with van der Waals surface area (Å²) in [7, 11) is 0. The molecule has 2 atom stereocenters. The first-order valence-electron chi connectivity index (χ1n) is 8.01. The Kier molecular flexibility index (Phi) is 12.1. The average Bonchev–Trinajstić information content (AvgIpc) is 2.38. The van der Waals surface area contributed by atoms with Crippen LogP contribution in [0, 0.1) is 11.8 Å². The zero-order chi connectivity index (χ0) is 14.5. The number of carboxylic acids is 1. The maximum atomic E-state index is 10.6. The third kappa shape index (κ3) is 12.2. The molecule has 0 saturated carbocycles. The van der Waals surface area contributed by atoms with Crippen LogP contribution in [-0.4, -0.2) is 24.2 Å². The van der Waals surface area contributed by atoms with Crippen molar-refractivity contribution in [3.05, 3.63) is 0 Å². The third-order valence-electron chi connectivity index (χ3n) is 3.72. The fraction of sp³-hybridized carbons (Fsp3) is 0.938. The van der Waals surface area contributed by atoms with Gasteiger partial charge in [0.1, 0.15) is 0 Å². The molecule has 0 amide bonds. The van der Waals surface area contributed by atoms with Crippen molar-refractivity contribution in [2.75, 3.05) is 13.1 Å². The van der Waals surface area contributed by atoms with Crippen molar-refractivity contribution in [3.8, 4) is 0 Å². The Morgan fingerprint density at radius 1 is 1.05 bits per heavy atom. The normalized spacial score (nSPS) is 14.3. The van der Waals surface area contributed by atoms with Crippen LogP contribution in [0.2, 0.25) is 0 Å². The molecule has 114 valence electrons. The van der Waals surface area contributed by atoms with Crippen LogP contribution in [-0.2, 0) is 4.79 Å². The van der Waals surface area contributed by atoms with E-state index in [0.717, 1.165) is 19.5 Å². The molecular formula is C16H33NO2. The van der Waals surface area contributed by atoms with Crippen LogP contribution in [0.1, 0.15) is 72.1 Å². The number of unbranched alkanes of at least 4 members (excludes halogenated alkanes) is 5. The number of aliphatic carboxylic acids is 1. The van der Waals surface area contributed by atoms with Gasteiger partial charge in [-0.25, -0.2) is 0 Å². The second-order valence-electron chi connectivity index (χ2n) is 5.89. The standard InChI is InChI=1S/C16H33NO2/c1-4-5-6-7-8-9-10-14(2)13-17-12-11-15(3)16(18)19/h14-15,17H,4-13H2,1-3H3,(H,18,19)/t14-,15-/m0/s1. The number of hydrogen-bond acceptors (Lipinski definition) is 2. The van der Waals surface area contributed by atoms with Gasteiger partial charge in [-0.3, -0.25) is 4.79 Å². The van der Waals surface area contributed by atoms with Crippen molar-refractivity contribution in [1.82, 2.24) is 5.32 Å². The van der Waals surface area contributed by atoms with E-state index in [-0.39, 0.29) is 5.92 Å². The molecule has 0 aromatic carbocycles. The Balaban J connectivity index is 3.30. The van der Waals surface area contributed by atoms with Gasteiger partial charge in [0.15, 0.2) is 0 Å². The third-order valence-corrected chi connectivity index (χ3v) is 3.72. The Hall–Kier alpha value is -0.570. The summed E-state index contributed by atoms with van der Waals surface area (Å²) in [6.07, 6.45) is 10.2. The number of hydrogen-bond donors (Lipinski definition) is 2. The molecule has 0 aromatic rings. The Labute approximate surface area is 119 Å². The Morgan fingerprint density at radius 2 is 1.68 bits per heavy atom. The molecule has 0 heterocycles. The summed E-state index contributed by atoms with van der Waals surface area (Å²) in [6.45, 7) is 8.12. The lowest BCUT2D eigenvalue weighted by Crippen LogP contribution is -2.25. The molecule has 2 N–H and O–H groups in total. The van der Waals surface area contributed by atoms with E-state index in [1.165, 1.54) is 44.9 Å². The highest BCUT2D eigenvalue weighted by atomic mass is 16.4.